The van der Waals surface area contributed by atoms with Gasteiger partial charge in [0.2, 0.25) is 0 Å². The first-order valence-corrected chi connectivity index (χ1v) is 5.32. The van der Waals surface area contributed by atoms with Crippen molar-refractivity contribution < 1.29 is 28.2 Å². The van der Waals surface area contributed by atoms with E-state index in [2.05, 4.69) is 4.74 Å². The second-order valence-electron chi connectivity index (χ2n) is 3.49. The first-order chi connectivity index (χ1) is 8.54. The van der Waals surface area contributed by atoms with Gasteiger partial charge >= 0.3 is 5.97 Å². The van der Waals surface area contributed by atoms with Gasteiger partial charge in [0.15, 0.2) is 17.7 Å². The van der Waals surface area contributed by atoms with Crippen LogP contribution in [0.4, 0.5) is 8.78 Å². The molecule has 0 bridgehead atoms. The van der Waals surface area contributed by atoms with Crippen LogP contribution < -0.4 is 4.74 Å². The molecule has 100 valence electrons. The van der Waals surface area contributed by atoms with Gasteiger partial charge in [-0.2, -0.15) is 0 Å². The summed E-state index contributed by atoms with van der Waals surface area (Å²) in [6, 6.07) is 2.11. The molecular weight excluding hydrogens is 246 g/mol. The third-order valence-corrected chi connectivity index (χ3v) is 2.29. The van der Waals surface area contributed by atoms with Crippen molar-refractivity contribution in [3.8, 4) is 5.75 Å². The summed E-state index contributed by atoms with van der Waals surface area (Å²) >= 11 is 0. The zero-order valence-corrected chi connectivity index (χ0v) is 10.1. The predicted octanol–water partition coefficient (Wildman–Crippen LogP) is 1.90. The molecule has 0 aliphatic carbocycles. The summed E-state index contributed by atoms with van der Waals surface area (Å²) in [7, 11) is 1.19. The van der Waals surface area contributed by atoms with E-state index in [-0.39, 0.29) is 23.5 Å². The van der Waals surface area contributed by atoms with E-state index < -0.39 is 24.6 Å². The highest BCUT2D eigenvalue weighted by atomic mass is 19.1. The van der Waals surface area contributed by atoms with Crippen LogP contribution in [0.5, 0.6) is 5.75 Å². The van der Waals surface area contributed by atoms with Gasteiger partial charge < -0.3 is 14.6 Å². The number of esters is 1. The normalized spacial score (nSPS) is 12.1. The predicted molar refractivity (Wildman–Crippen MR) is 59.4 cm³/mol. The Kier molecular flexibility index (Phi) is 5.03. The molecule has 0 spiro atoms. The molecule has 18 heavy (non-hydrogen) atoms. The van der Waals surface area contributed by atoms with Crippen LogP contribution in [0.3, 0.4) is 0 Å². The van der Waals surface area contributed by atoms with Crippen LogP contribution in [0.25, 0.3) is 0 Å². The average molecular weight is 260 g/mol. The van der Waals surface area contributed by atoms with E-state index in [0.29, 0.717) is 0 Å². The van der Waals surface area contributed by atoms with Gasteiger partial charge in [0, 0.05) is 5.56 Å². The van der Waals surface area contributed by atoms with E-state index in [1.807, 2.05) is 0 Å². The van der Waals surface area contributed by atoms with E-state index in [1.165, 1.54) is 13.2 Å². The van der Waals surface area contributed by atoms with Crippen LogP contribution >= 0.6 is 0 Å². The Hall–Kier alpha value is -1.69. The number of rotatable bonds is 5. The average Bonchev–Trinajstić information content (AvgIpc) is 2.37. The lowest BCUT2D eigenvalue weighted by molar-refractivity contribution is -0.153. The molecule has 1 N–H and O–H groups in total. The highest BCUT2D eigenvalue weighted by Crippen LogP contribution is 2.30. The van der Waals surface area contributed by atoms with E-state index in [1.54, 1.807) is 6.92 Å². The zero-order valence-electron chi connectivity index (χ0n) is 10.1. The van der Waals surface area contributed by atoms with Crippen molar-refractivity contribution in [2.24, 2.45) is 0 Å². The summed E-state index contributed by atoms with van der Waals surface area (Å²) in [6.45, 7) is 0.730. The molecule has 6 heteroatoms. The summed E-state index contributed by atoms with van der Waals surface area (Å²) in [4.78, 5) is 11.4. The van der Waals surface area contributed by atoms with E-state index in [9.17, 15) is 18.7 Å². The van der Waals surface area contributed by atoms with E-state index in [0.717, 1.165) is 6.07 Å². The smallest absolute Gasteiger partial charge is 0.339 e. The third kappa shape index (κ3) is 2.95. The molecule has 1 aromatic rings. The maximum absolute atomic E-state index is 13.6. The monoisotopic (exact) mass is 260 g/mol. The van der Waals surface area contributed by atoms with Crippen LogP contribution in [0.1, 0.15) is 24.2 Å². The van der Waals surface area contributed by atoms with E-state index in [4.69, 9.17) is 4.74 Å². The summed E-state index contributed by atoms with van der Waals surface area (Å²) in [6.07, 6.45) is -1.71. The molecule has 0 amide bonds. The lowest BCUT2D eigenvalue weighted by atomic mass is 10.0. The van der Waals surface area contributed by atoms with Crippen LogP contribution in [0.2, 0.25) is 0 Å². The number of alkyl halides is 1. The molecule has 1 aromatic carbocycles. The molecular formula is C12H14F2O4. The molecule has 0 aliphatic heterocycles. The Bertz CT molecular complexity index is 434. The number of halogens is 2. The zero-order chi connectivity index (χ0) is 13.7. The Balaban J connectivity index is 3.19. The Labute approximate surface area is 103 Å². The molecule has 1 atom stereocenters. The highest BCUT2D eigenvalue weighted by molar-refractivity contribution is 5.77. The van der Waals surface area contributed by atoms with Crippen LogP contribution in [0.15, 0.2) is 12.1 Å². The number of ether oxygens (including phenoxy) is 2. The minimum atomic E-state index is -1.71. The maximum Gasteiger partial charge on any atom is 0.339 e. The Morgan fingerprint density at radius 2 is 2.17 bits per heavy atom. The molecule has 0 aliphatic rings. The number of carbonyl (C=O) groups excluding carboxylic acids is 1. The number of aliphatic hydroxyl groups is 1. The summed E-state index contributed by atoms with van der Waals surface area (Å²) in [5.74, 6) is -2.08. The van der Waals surface area contributed by atoms with Crippen LogP contribution in [-0.2, 0) is 16.2 Å². The fraction of sp³-hybridized carbons (Fsp3) is 0.417. The number of aliphatic hydroxyl groups excluding tert-OH is 1. The molecule has 1 rings (SSSR count). The largest absolute Gasteiger partial charge is 0.493 e. The van der Waals surface area contributed by atoms with Gasteiger partial charge in [0.25, 0.3) is 0 Å². The van der Waals surface area contributed by atoms with Gasteiger partial charge in [-0.05, 0) is 24.6 Å². The van der Waals surface area contributed by atoms with Gasteiger partial charge in [-0.1, -0.05) is 0 Å². The highest BCUT2D eigenvalue weighted by Gasteiger charge is 2.25. The molecule has 0 aromatic heterocycles. The van der Waals surface area contributed by atoms with Gasteiger partial charge in [-0.25, -0.2) is 13.6 Å². The summed E-state index contributed by atoms with van der Waals surface area (Å²) in [5, 5.41) is 9.73. The fourth-order valence-corrected chi connectivity index (χ4v) is 1.52. The van der Waals surface area contributed by atoms with Crippen LogP contribution in [-0.4, -0.2) is 24.8 Å². The number of benzene rings is 1. The first kappa shape index (κ1) is 14.4. The van der Waals surface area contributed by atoms with Crippen molar-refractivity contribution in [1.82, 2.24) is 0 Å². The molecule has 1 unspecified atom stereocenters. The summed E-state index contributed by atoms with van der Waals surface area (Å²) in [5.41, 5.74) is -0.143. The van der Waals surface area contributed by atoms with Gasteiger partial charge in [0.1, 0.15) is 6.67 Å². The standard InChI is InChI=1S/C12H14F2O4/c1-3-18-12(16)10(15)8-4-7(6-13)5-9(14)11(8)17-2/h4-5,10,15H,3,6H2,1-2H3. The molecule has 0 radical (unpaired) electrons. The van der Waals surface area contributed by atoms with Crippen molar-refractivity contribution in [3.63, 3.8) is 0 Å². The number of hydrogen-bond donors (Lipinski definition) is 1. The Morgan fingerprint density at radius 1 is 1.50 bits per heavy atom. The minimum Gasteiger partial charge on any atom is -0.493 e. The second kappa shape index (κ2) is 6.30. The minimum absolute atomic E-state index is 0.00616. The Morgan fingerprint density at radius 3 is 2.67 bits per heavy atom. The SMILES string of the molecule is CCOC(=O)C(O)c1cc(CF)cc(F)c1OC. The molecule has 0 saturated carbocycles. The van der Waals surface area contributed by atoms with Crippen LogP contribution in [0, 0.1) is 5.82 Å². The molecule has 0 heterocycles. The lowest BCUT2D eigenvalue weighted by Crippen LogP contribution is -2.17. The third-order valence-electron chi connectivity index (χ3n) is 2.29. The van der Waals surface area contributed by atoms with Crippen molar-refractivity contribution in [3.05, 3.63) is 29.1 Å². The topological polar surface area (TPSA) is 55.8 Å². The number of carbonyl (C=O) groups is 1. The van der Waals surface area contributed by atoms with Crippen molar-refractivity contribution in [2.75, 3.05) is 13.7 Å². The molecule has 4 nitrogen and oxygen atoms in total. The quantitative estimate of drug-likeness (QED) is 0.821. The number of methoxy groups -OCH3 is 1. The van der Waals surface area contributed by atoms with Crippen molar-refractivity contribution in [2.45, 2.75) is 19.7 Å². The number of hydrogen-bond acceptors (Lipinski definition) is 4. The van der Waals surface area contributed by atoms with Gasteiger partial charge in [-0.3, -0.25) is 0 Å². The van der Waals surface area contributed by atoms with Gasteiger partial charge in [-0.15, -0.1) is 0 Å². The van der Waals surface area contributed by atoms with Crippen molar-refractivity contribution >= 4 is 5.97 Å². The second-order valence-corrected chi connectivity index (χ2v) is 3.49. The van der Waals surface area contributed by atoms with E-state index >= 15 is 0 Å². The molecule has 0 saturated heterocycles. The van der Waals surface area contributed by atoms with Crippen molar-refractivity contribution in [1.29, 1.82) is 0 Å². The first-order valence-electron chi connectivity index (χ1n) is 5.32. The lowest BCUT2D eigenvalue weighted by Gasteiger charge is -2.15. The fourth-order valence-electron chi connectivity index (χ4n) is 1.52. The maximum atomic E-state index is 13.6. The van der Waals surface area contributed by atoms with Gasteiger partial charge in [0.05, 0.1) is 13.7 Å². The molecule has 0 fully saturated rings. The summed E-state index contributed by atoms with van der Waals surface area (Å²) < 4.78 is 35.5.